The normalized spacial score (nSPS) is 10.1. The fraction of sp³-hybridized carbons (Fsp3) is 0.263. The molecule has 9 heteroatoms. The second-order valence-electron chi connectivity index (χ2n) is 5.64. The summed E-state index contributed by atoms with van der Waals surface area (Å²) in [5.74, 6) is -2.07. The Balaban J connectivity index is 2.43. The van der Waals surface area contributed by atoms with Crippen molar-refractivity contribution in [1.82, 2.24) is 0 Å². The average molecular weight is 404 g/mol. The molecular weight excluding hydrogens is 384 g/mol. The lowest BCUT2D eigenvalue weighted by atomic mass is 10.1. The van der Waals surface area contributed by atoms with Gasteiger partial charge in [-0.15, -0.1) is 11.3 Å². The first-order valence-corrected chi connectivity index (χ1v) is 9.15. The minimum Gasteiger partial charge on any atom is -0.465 e. The maximum absolute atomic E-state index is 12.8. The molecule has 2 amide bonds. The fourth-order valence-electron chi connectivity index (χ4n) is 2.44. The number of anilines is 2. The van der Waals surface area contributed by atoms with Gasteiger partial charge in [-0.1, -0.05) is 19.1 Å². The van der Waals surface area contributed by atoms with Crippen molar-refractivity contribution in [1.29, 1.82) is 0 Å². The zero-order valence-corrected chi connectivity index (χ0v) is 16.7. The van der Waals surface area contributed by atoms with E-state index in [9.17, 15) is 19.2 Å². The van der Waals surface area contributed by atoms with Crippen LogP contribution < -0.4 is 10.6 Å². The van der Waals surface area contributed by atoms with Gasteiger partial charge in [-0.3, -0.25) is 9.59 Å². The molecule has 0 unspecified atom stereocenters. The lowest BCUT2D eigenvalue weighted by molar-refractivity contribution is -0.115. The Hall–Kier alpha value is -3.20. The third kappa shape index (κ3) is 4.37. The Morgan fingerprint density at radius 2 is 1.64 bits per heavy atom. The van der Waals surface area contributed by atoms with Gasteiger partial charge in [-0.2, -0.15) is 0 Å². The molecule has 0 saturated carbocycles. The molecule has 0 spiro atoms. The van der Waals surface area contributed by atoms with Gasteiger partial charge in [0, 0.05) is 6.42 Å². The topological polar surface area (TPSA) is 111 Å². The van der Waals surface area contributed by atoms with Crippen LogP contribution in [0.3, 0.4) is 0 Å². The number of nitrogens with one attached hydrogen (secondary N) is 2. The highest BCUT2D eigenvalue weighted by atomic mass is 32.1. The molecule has 1 heterocycles. The molecule has 2 rings (SSSR count). The number of benzene rings is 1. The molecule has 0 aliphatic rings. The summed E-state index contributed by atoms with van der Waals surface area (Å²) in [5.41, 5.74) is 0.961. The Bertz CT molecular complexity index is 935. The molecule has 8 nitrogen and oxygen atoms in total. The number of thiophene rings is 1. The lowest BCUT2D eigenvalue weighted by Crippen LogP contribution is -2.15. The van der Waals surface area contributed by atoms with Crippen molar-refractivity contribution in [3.8, 4) is 0 Å². The van der Waals surface area contributed by atoms with E-state index >= 15 is 0 Å². The molecule has 0 radical (unpaired) electrons. The summed E-state index contributed by atoms with van der Waals surface area (Å²) < 4.78 is 9.49. The summed E-state index contributed by atoms with van der Waals surface area (Å²) in [6.07, 6.45) is 0.214. The van der Waals surface area contributed by atoms with E-state index in [-0.39, 0.29) is 39.0 Å². The summed E-state index contributed by atoms with van der Waals surface area (Å²) >= 11 is 0.960. The highest BCUT2D eigenvalue weighted by molar-refractivity contribution is 7.18. The summed E-state index contributed by atoms with van der Waals surface area (Å²) in [6, 6.07) is 6.39. The number of carbonyl (C=O) groups excluding carboxylic acids is 4. The van der Waals surface area contributed by atoms with Gasteiger partial charge in [0.05, 0.1) is 35.9 Å². The number of ether oxygens (including phenoxy) is 2. The van der Waals surface area contributed by atoms with Crippen LogP contribution >= 0.6 is 11.3 Å². The number of rotatable bonds is 6. The van der Waals surface area contributed by atoms with Crippen LogP contribution in [0.25, 0.3) is 0 Å². The first kappa shape index (κ1) is 21.1. The van der Waals surface area contributed by atoms with Crippen LogP contribution in [-0.4, -0.2) is 38.0 Å². The zero-order valence-electron chi connectivity index (χ0n) is 15.9. The number of para-hydroxylation sites is 1. The molecule has 0 bridgehead atoms. The van der Waals surface area contributed by atoms with E-state index in [4.69, 9.17) is 9.47 Å². The molecule has 0 aliphatic heterocycles. The van der Waals surface area contributed by atoms with Gasteiger partial charge in [0.25, 0.3) is 5.91 Å². The molecule has 1 aromatic heterocycles. The van der Waals surface area contributed by atoms with E-state index in [1.807, 2.05) is 0 Å². The van der Waals surface area contributed by atoms with E-state index in [1.165, 1.54) is 20.3 Å². The van der Waals surface area contributed by atoms with E-state index in [1.54, 1.807) is 32.0 Å². The van der Waals surface area contributed by atoms with E-state index < -0.39 is 17.8 Å². The fourth-order valence-corrected chi connectivity index (χ4v) is 3.55. The predicted molar refractivity (Wildman–Crippen MR) is 105 cm³/mol. The van der Waals surface area contributed by atoms with Crippen LogP contribution in [-0.2, 0) is 14.3 Å². The molecule has 1 aromatic carbocycles. The van der Waals surface area contributed by atoms with Gasteiger partial charge in [-0.25, -0.2) is 9.59 Å². The molecule has 0 fully saturated rings. The molecule has 148 valence electrons. The van der Waals surface area contributed by atoms with Gasteiger partial charge in [-0.05, 0) is 24.6 Å². The largest absolute Gasteiger partial charge is 0.465 e. The van der Waals surface area contributed by atoms with Gasteiger partial charge >= 0.3 is 11.9 Å². The van der Waals surface area contributed by atoms with Gasteiger partial charge in [0.1, 0.15) is 5.00 Å². The maximum Gasteiger partial charge on any atom is 0.341 e. The summed E-state index contributed by atoms with van der Waals surface area (Å²) in [7, 11) is 2.47. The maximum atomic E-state index is 12.8. The number of methoxy groups -OCH3 is 2. The smallest absolute Gasteiger partial charge is 0.341 e. The predicted octanol–water partition coefficient (Wildman–Crippen LogP) is 3.23. The van der Waals surface area contributed by atoms with Crippen LogP contribution in [0, 0.1) is 6.92 Å². The number of hydrogen-bond acceptors (Lipinski definition) is 7. The third-order valence-electron chi connectivity index (χ3n) is 3.90. The van der Waals surface area contributed by atoms with Crippen molar-refractivity contribution in [2.45, 2.75) is 20.3 Å². The van der Waals surface area contributed by atoms with Crippen molar-refractivity contribution in [2.24, 2.45) is 0 Å². The number of carbonyl (C=O) groups is 4. The van der Waals surface area contributed by atoms with Crippen LogP contribution in [0.5, 0.6) is 0 Å². The van der Waals surface area contributed by atoms with Crippen LogP contribution in [0.15, 0.2) is 24.3 Å². The van der Waals surface area contributed by atoms with E-state index in [2.05, 4.69) is 10.6 Å². The molecule has 0 saturated heterocycles. The SMILES string of the molecule is CCC(=O)Nc1sc(C(=O)Nc2ccccc2C(=O)OC)c(C)c1C(=O)OC. The third-order valence-corrected chi connectivity index (χ3v) is 5.10. The van der Waals surface area contributed by atoms with E-state index in [0.29, 0.717) is 5.56 Å². The van der Waals surface area contributed by atoms with Gasteiger partial charge < -0.3 is 20.1 Å². The molecule has 28 heavy (non-hydrogen) atoms. The summed E-state index contributed by atoms with van der Waals surface area (Å²) in [6.45, 7) is 3.26. The Kier molecular flexibility index (Phi) is 6.89. The van der Waals surface area contributed by atoms with Crippen molar-refractivity contribution < 1.29 is 28.7 Å². The lowest BCUT2D eigenvalue weighted by Gasteiger charge is -2.09. The Morgan fingerprint density at radius 3 is 2.25 bits per heavy atom. The van der Waals surface area contributed by atoms with Crippen LogP contribution in [0.2, 0.25) is 0 Å². The first-order chi connectivity index (χ1) is 13.3. The zero-order chi connectivity index (χ0) is 20.8. The number of amides is 2. The molecule has 2 N–H and O–H groups in total. The van der Waals surface area contributed by atoms with Crippen molar-refractivity contribution >= 4 is 45.8 Å². The molecule has 0 atom stereocenters. The summed E-state index contributed by atoms with van der Waals surface area (Å²) in [5, 5.41) is 5.51. The average Bonchev–Trinajstić information content (AvgIpc) is 3.02. The van der Waals surface area contributed by atoms with Crippen LogP contribution in [0.4, 0.5) is 10.7 Å². The highest BCUT2D eigenvalue weighted by Crippen LogP contribution is 2.34. The van der Waals surface area contributed by atoms with Crippen molar-refractivity contribution in [2.75, 3.05) is 24.9 Å². The quantitative estimate of drug-likeness (QED) is 0.715. The molecular formula is C19H20N2O6S. The monoisotopic (exact) mass is 404 g/mol. The van der Waals surface area contributed by atoms with Gasteiger partial charge in [0.15, 0.2) is 0 Å². The van der Waals surface area contributed by atoms with Crippen LogP contribution in [0.1, 0.15) is 49.3 Å². The minimum atomic E-state index is -0.658. The standard InChI is InChI=1S/C19H20N2O6S/c1-5-13(22)21-17-14(19(25)27-4)10(2)15(28-17)16(23)20-12-9-7-6-8-11(12)18(24)26-3/h6-9H,5H2,1-4H3,(H,20,23)(H,21,22). The van der Waals surface area contributed by atoms with Crippen molar-refractivity contribution in [3.05, 3.63) is 45.8 Å². The second kappa shape index (κ2) is 9.14. The van der Waals surface area contributed by atoms with Gasteiger partial charge in [0.2, 0.25) is 5.91 Å². The summed E-state index contributed by atoms with van der Waals surface area (Å²) in [4.78, 5) is 48.8. The second-order valence-corrected chi connectivity index (χ2v) is 6.67. The minimum absolute atomic E-state index is 0.126. The van der Waals surface area contributed by atoms with Crippen molar-refractivity contribution in [3.63, 3.8) is 0 Å². The first-order valence-electron chi connectivity index (χ1n) is 8.34. The Labute approximate surface area is 165 Å². The number of esters is 2. The number of hydrogen-bond donors (Lipinski definition) is 2. The highest BCUT2D eigenvalue weighted by Gasteiger charge is 2.26. The molecule has 2 aromatic rings. The Morgan fingerprint density at radius 1 is 1.00 bits per heavy atom. The van der Waals surface area contributed by atoms with E-state index in [0.717, 1.165) is 11.3 Å². The molecule has 0 aliphatic carbocycles.